The minimum absolute atomic E-state index is 0.792. The van der Waals surface area contributed by atoms with E-state index in [1.54, 1.807) is 5.56 Å². The quantitative estimate of drug-likeness (QED) is 0.838. The molecule has 2 saturated carbocycles. The van der Waals surface area contributed by atoms with Crippen molar-refractivity contribution in [1.29, 1.82) is 0 Å². The molecular formula is C18H27N. The van der Waals surface area contributed by atoms with Crippen LogP contribution in [-0.4, -0.2) is 12.6 Å². The van der Waals surface area contributed by atoms with Crippen LogP contribution >= 0.6 is 0 Å². The molecule has 1 nitrogen and oxygen atoms in total. The van der Waals surface area contributed by atoms with Gasteiger partial charge in [-0.3, -0.25) is 0 Å². The van der Waals surface area contributed by atoms with Crippen molar-refractivity contribution >= 4 is 0 Å². The third-order valence-electron chi connectivity index (χ3n) is 5.17. The van der Waals surface area contributed by atoms with Gasteiger partial charge in [-0.05, 0) is 62.5 Å². The minimum atomic E-state index is 0.792. The van der Waals surface area contributed by atoms with Crippen molar-refractivity contribution in [3.63, 3.8) is 0 Å². The molecule has 0 heterocycles. The molecule has 2 fully saturated rings. The van der Waals surface area contributed by atoms with Crippen LogP contribution in [0.15, 0.2) is 30.3 Å². The summed E-state index contributed by atoms with van der Waals surface area (Å²) >= 11 is 0. The van der Waals surface area contributed by atoms with Gasteiger partial charge in [0.2, 0.25) is 0 Å². The number of rotatable bonds is 4. The molecule has 104 valence electrons. The summed E-state index contributed by atoms with van der Waals surface area (Å²) in [5.74, 6) is 1.79. The summed E-state index contributed by atoms with van der Waals surface area (Å²) in [5.41, 5.74) is 1.55. The Bertz CT molecular complexity index is 359. The summed E-state index contributed by atoms with van der Waals surface area (Å²) in [6.07, 6.45) is 11.3. The maximum atomic E-state index is 3.84. The molecular weight excluding hydrogens is 230 g/mol. The highest BCUT2D eigenvalue weighted by Crippen LogP contribution is 2.33. The maximum Gasteiger partial charge on any atom is 0.00676 e. The first kappa shape index (κ1) is 13.2. The second kappa shape index (κ2) is 6.56. The molecule has 19 heavy (non-hydrogen) atoms. The highest BCUT2D eigenvalue weighted by Gasteiger charge is 2.23. The van der Waals surface area contributed by atoms with Crippen LogP contribution in [0, 0.1) is 5.92 Å². The zero-order valence-corrected chi connectivity index (χ0v) is 12.0. The molecule has 0 spiro atoms. The van der Waals surface area contributed by atoms with E-state index in [-0.39, 0.29) is 0 Å². The minimum Gasteiger partial charge on any atom is -0.314 e. The first-order chi connectivity index (χ1) is 9.42. The second-order valence-corrected chi connectivity index (χ2v) is 6.52. The van der Waals surface area contributed by atoms with Crippen LogP contribution in [0.3, 0.4) is 0 Å². The number of hydrogen-bond acceptors (Lipinski definition) is 1. The molecule has 1 aromatic carbocycles. The Balaban J connectivity index is 1.42. The van der Waals surface area contributed by atoms with Gasteiger partial charge in [0.05, 0.1) is 0 Å². The molecule has 0 unspecified atom stereocenters. The van der Waals surface area contributed by atoms with E-state index in [0.717, 1.165) is 17.9 Å². The number of nitrogens with one attached hydrogen (secondary N) is 1. The van der Waals surface area contributed by atoms with E-state index in [2.05, 4.69) is 35.6 Å². The van der Waals surface area contributed by atoms with E-state index in [4.69, 9.17) is 0 Å². The summed E-state index contributed by atoms with van der Waals surface area (Å²) < 4.78 is 0. The average molecular weight is 257 g/mol. The highest BCUT2D eigenvalue weighted by atomic mass is 14.9. The van der Waals surface area contributed by atoms with Crippen molar-refractivity contribution in [3.8, 4) is 0 Å². The van der Waals surface area contributed by atoms with Gasteiger partial charge >= 0.3 is 0 Å². The number of benzene rings is 1. The van der Waals surface area contributed by atoms with Crippen LogP contribution in [0.4, 0.5) is 0 Å². The maximum absolute atomic E-state index is 3.84. The zero-order chi connectivity index (χ0) is 12.9. The lowest BCUT2D eigenvalue weighted by Crippen LogP contribution is -2.35. The predicted octanol–water partition coefficient (Wildman–Crippen LogP) is 4.49. The van der Waals surface area contributed by atoms with Crippen LogP contribution in [-0.2, 0) is 0 Å². The summed E-state index contributed by atoms with van der Waals surface area (Å²) in [4.78, 5) is 0. The van der Waals surface area contributed by atoms with E-state index < -0.39 is 0 Å². The first-order valence-electron chi connectivity index (χ1n) is 8.20. The van der Waals surface area contributed by atoms with Crippen LogP contribution in [0.1, 0.15) is 62.8 Å². The van der Waals surface area contributed by atoms with E-state index in [0.29, 0.717) is 0 Å². The summed E-state index contributed by atoms with van der Waals surface area (Å²) in [5, 5.41) is 3.84. The van der Waals surface area contributed by atoms with E-state index >= 15 is 0 Å². The van der Waals surface area contributed by atoms with Crippen LogP contribution in [0.25, 0.3) is 0 Å². The molecule has 1 heteroatoms. The molecule has 2 aliphatic carbocycles. The van der Waals surface area contributed by atoms with Gasteiger partial charge in [0.25, 0.3) is 0 Å². The van der Waals surface area contributed by atoms with Crippen LogP contribution in [0.2, 0.25) is 0 Å². The van der Waals surface area contributed by atoms with E-state index in [1.165, 1.54) is 57.9 Å². The predicted molar refractivity (Wildman–Crippen MR) is 81.4 cm³/mol. The molecule has 0 atom stereocenters. The van der Waals surface area contributed by atoms with Gasteiger partial charge in [-0.25, -0.2) is 0 Å². The summed E-state index contributed by atoms with van der Waals surface area (Å²) in [7, 11) is 0. The third kappa shape index (κ3) is 3.60. The third-order valence-corrected chi connectivity index (χ3v) is 5.17. The molecule has 2 aliphatic rings. The Hall–Kier alpha value is -0.820. The van der Waals surface area contributed by atoms with Crippen molar-refractivity contribution in [1.82, 2.24) is 5.32 Å². The van der Waals surface area contributed by atoms with Gasteiger partial charge in [-0.15, -0.1) is 0 Å². The monoisotopic (exact) mass is 257 g/mol. The van der Waals surface area contributed by atoms with Gasteiger partial charge < -0.3 is 5.32 Å². The first-order valence-corrected chi connectivity index (χ1v) is 8.20. The van der Waals surface area contributed by atoms with Crippen molar-refractivity contribution in [2.45, 2.75) is 63.3 Å². The fourth-order valence-corrected chi connectivity index (χ4v) is 3.90. The lowest BCUT2D eigenvalue weighted by Gasteiger charge is -2.30. The van der Waals surface area contributed by atoms with Gasteiger partial charge in [0, 0.05) is 6.04 Å². The number of hydrogen-bond donors (Lipinski definition) is 1. The molecule has 1 aromatic rings. The molecule has 0 bridgehead atoms. The van der Waals surface area contributed by atoms with Crippen molar-refractivity contribution < 1.29 is 0 Å². The van der Waals surface area contributed by atoms with Crippen molar-refractivity contribution in [2.75, 3.05) is 6.54 Å². The standard InChI is InChI=1S/C18H27N/c1-2-8-16(9-3-1)17-10-12-18(13-11-17)19-14-15-6-4-5-7-15/h1-3,8-9,15,17-19H,4-7,10-14H2. The Kier molecular flexibility index (Phi) is 4.55. The Morgan fingerprint density at radius 3 is 2.21 bits per heavy atom. The van der Waals surface area contributed by atoms with Gasteiger partial charge in [-0.1, -0.05) is 43.2 Å². The highest BCUT2D eigenvalue weighted by molar-refractivity contribution is 5.20. The molecule has 1 N–H and O–H groups in total. The summed E-state index contributed by atoms with van der Waals surface area (Å²) in [6.45, 7) is 1.28. The van der Waals surface area contributed by atoms with E-state index in [1.807, 2.05) is 0 Å². The summed E-state index contributed by atoms with van der Waals surface area (Å²) in [6, 6.07) is 11.9. The zero-order valence-electron chi connectivity index (χ0n) is 12.0. The Morgan fingerprint density at radius 2 is 1.53 bits per heavy atom. The fourth-order valence-electron chi connectivity index (χ4n) is 3.90. The fraction of sp³-hybridized carbons (Fsp3) is 0.667. The smallest absolute Gasteiger partial charge is 0.00676 e. The van der Waals surface area contributed by atoms with Gasteiger partial charge in [0.1, 0.15) is 0 Å². The van der Waals surface area contributed by atoms with Gasteiger partial charge in [-0.2, -0.15) is 0 Å². The van der Waals surface area contributed by atoms with Crippen molar-refractivity contribution in [2.24, 2.45) is 5.92 Å². The Labute approximate surface area is 117 Å². The molecule has 0 radical (unpaired) electrons. The lowest BCUT2D eigenvalue weighted by atomic mass is 9.81. The van der Waals surface area contributed by atoms with Gasteiger partial charge in [0.15, 0.2) is 0 Å². The normalized spacial score (nSPS) is 28.6. The average Bonchev–Trinajstić information content (AvgIpc) is 3.00. The van der Waals surface area contributed by atoms with Crippen LogP contribution < -0.4 is 5.32 Å². The van der Waals surface area contributed by atoms with E-state index in [9.17, 15) is 0 Å². The molecule has 0 saturated heterocycles. The topological polar surface area (TPSA) is 12.0 Å². The van der Waals surface area contributed by atoms with Crippen LogP contribution in [0.5, 0.6) is 0 Å². The largest absolute Gasteiger partial charge is 0.314 e. The molecule has 0 aromatic heterocycles. The second-order valence-electron chi connectivity index (χ2n) is 6.52. The molecule has 0 amide bonds. The Morgan fingerprint density at radius 1 is 0.842 bits per heavy atom. The SMILES string of the molecule is c1ccc(C2CCC(NCC3CCCC3)CC2)cc1. The lowest BCUT2D eigenvalue weighted by molar-refractivity contribution is 0.324. The van der Waals surface area contributed by atoms with Crippen molar-refractivity contribution in [3.05, 3.63) is 35.9 Å². The molecule has 3 rings (SSSR count). The molecule has 0 aliphatic heterocycles.